The van der Waals surface area contributed by atoms with Crippen LogP contribution in [0.3, 0.4) is 0 Å². The first kappa shape index (κ1) is 26.1. The average Bonchev–Trinajstić information content (AvgIpc) is 3.34. The normalized spacial score (nSPS) is 18.6. The molecule has 2 nitrogen and oxygen atoms in total. The molecule has 1 aromatic carbocycles. The molecule has 1 aliphatic heterocycles. The fourth-order valence-corrected chi connectivity index (χ4v) is 2.61. The third-order valence-corrected chi connectivity index (χ3v) is 4.49. The van der Waals surface area contributed by atoms with Gasteiger partial charge in [-0.1, -0.05) is 42.8 Å². The summed E-state index contributed by atoms with van der Waals surface area (Å²) in [6, 6.07) is 11.2. The third kappa shape index (κ3) is 11.5. The maximum absolute atomic E-state index is 10.5. The van der Waals surface area contributed by atoms with Gasteiger partial charge in [0.25, 0.3) is 0 Å². The molecule has 0 spiro atoms. The van der Waals surface area contributed by atoms with Crippen molar-refractivity contribution in [3.63, 3.8) is 0 Å². The molecule has 1 heterocycles. The maximum Gasteiger partial charge on any atom is 2.00 e. The van der Waals surface area contributed by atoms with Crippen molar-refractivity contribution in [2.24, 2.45) is 5.92 Å². The summed E-state index contributed by atoms with van der Waals surface area (Å²) in [5.74, 6) is 3.33. The van der Waals surface area contributed by atoms with Gasteiger partial charge in [-0.2, -0.15) is 13.2 Å². The average molecular weight is 433 g/mol. The van der Waals surface area contributed by atoms with Crippen molar-refractivity contribution in [1.82, 2.24) is 4.90 Å². The van der Waals surface area contributed by atoms with E-state index < -0.39 is 12.8 Å². The summed E-state index contributed by atoms with van der Waals surface area (Å²) < 4.78 is 31.6. The van der Waals surface area contributed by atoms with Crippen molar-refractivity contribution in [3.05, 3.63) is 49.2 Å². The Morgan fingerprint density at radius 2 is 1.70 bits per heavy atom. The van der Waals surface area contributed by atoms with Crippen LogP contribution in [0.1, 0.15) is 44.1 Å². The summed E-state index contributed by atoms with van der Waals surface area (Å²) >= 11 is 0. The van der Waals surface area contributed by atoms with Gasteiger partial charge in [-0.25, -0.2) is 0 Å². The van der Waals surface area contributed by atoms with Crippen molar-refractivity contribution in [2.75, 3.05) is 19.7 Å². The minimum atomic E-state index is -4.40. The summed E-state index contributed by atoms with van der Waals surface area (Å²) in [5.41, 5.74) is 1.36. The van der Waals surface area contributed by atoms with Crippen LogP contribution in [0.2, 0.25) is 0 Å². The van der Waals surface area contributed by atoms with E-state index in [1.807, 2.05) is 0 Å². The quantitative estimate of drug-likeness (QED) is 0.428. The Hall–Kier alpha value is -0.887. The van der Waals surface area contributed by atoms with Gasteiger partial charge >= 0.3 is 25.7 Å². The van der Waals surface area contributed by atoms with Gasteiger partial charge < -0.3 is 29.3 Å². The number of hydrogen-bond acceptors (Lipinski definition) is 2. The van der Waals surface area contributed by atoms with Crippen LogP contribution < -0.4 is 0 Å². The number of benzene rings is 1. The summed E-state index contributed by atoms with van der Waals surface area (Å²) in [6.07, 6.45) is 7.20. The van der Waals surface area contributed by atoms with Crippen LogP contribution in [-0.2, 0) is 19.5 Å². The third-order valence-electron chi connectivity index (χ3n) is 4.49. The standard InChI is InChI=1S/C14H20N.C5H5.C2H3F3O.Zn/c1-12(14-8-4-3-5-9-14)13(2)15-10-6-7-11-15;1-2-5-3-4-5;3-2(4,5)1-6;/h3-5,8-9,12-13H,1,6-7,10-11H2,2H3;5H,3-4H2;6H,1H2;/q2*-1;;+2. The molecule has 6 heteroatoms. The predicted molar refractivity (Wildman–Crippen MR) is 97.8 cm³/mol. The molecular formula is C21H28F3NOZn. The van der Waals surface area contributed by atoms with Crippen molar-refractivity contribution in [3.8, 4) is 5.92 Å². The Morgan fingerprint density at radius 1 is 1.22 bits per heavy atom. The van der Waals surface area contributed by atoms with Gasteiger partial charge in [0, 0.05) is 0 Å². The van der Waals surface area contributed by atoms with E-state index in [2.05, 4.69) is 55.0 Å². The van der Waals surface area contributed by atoms with Crippen LogP contribution >= 0.6 is 0 Å². The van der Waals surface area contributed by atoms with E-state index in [-0.39, 0.29) is 19.5 Å². The van der Waals surface area contributed by atoms with Crippen molar-refractivity contribution < 1.29 is 37.8 Å². The summed E-state index contributed by atoms with van der Waals surface area (Å²) in [6.45, 7) is 7.38. The van der Waals surface area contributed by atoms with Gasteiger partial charge in [0.2, 0.25) is 0 Å². The molecule has 1 aliphatic carbocycles. The zero-order valence-corrected chi connectivity index (χ0v) is 19.0. The SMILES string of the molecule is OCC(F)(F)F.[C-]#CC1CC1.[CH2-]C(c1ccccc1)C(C)N1CCCC1.[Zn+2]. The van der Waals surface area contributed by atoms with Crippen LogP contribution in [0.5, 0.6) is 0 Å². The molecule has 146 valence electrons. The van der Waals surface area contributed by atoms with Gasteiger partial charge in [0.1, 0.15) is 6.61 Å². The zero-order valence-electron chi connectivity index (χ0n) is 16.0. The molecule has 1 aromatic rings. The van der Waals surface area contributed by atoms with E-state index in [1.54, 1.807) is 0 Å². The first-order valence-electron chi connectivity index (χ1n) is 9.00. The first-order valence-corrected chi connectivity index (χ1v) is 9.00. The summed E-state index contributed by atoms with van der Waals surface area (Å²) in [7, 11) is 0. The fraction of sp³-hybridized carbons (Fsp3) is 0.571. The van der Waals surface area contributed by atoms with Crippen LogP contribution in [0.15, 0.2) is 30.3 Å². The second-order valence-corrected chi connectivity index (χ2v) is 6.69. The zero-order chi connectivity index (χ0) is 19.6. The molecule has 1 saturated heterocycles. The molecule has 2 atom stereocenters. The topological polar surface area (TPSA) is 23.5 Å². The molecule has 2 unspecified atom stereocenters. The number of rotatable bonds is 3. The Balaban J connectivity index is 0.000000468. The van der Waals surface area contributed by atoms with Gasteiger partial charge in [0.15, 0.2) is 0 Å². The van der Waals surface area contributed by atoms with Crippen molar-refractivity contribution in [1.29, 1.82) is 0 Å². The molecule has 0 aromatic heterocycles. The van der Waals surface area contributed by atoms with Gasteiger partial charge in [-0.15, -0.1) is 5.92 Å². The first-order chi connectivity index (χ1) is 12.3. The monoisotopic (exact) mass is 431 g/mol. The van der Waals surface area contributed by atoms with Gasteiger partial charge in [-0.3, -0.25) is 0 Å². The number of hydrogen-bond donors (Lipinski definition) is 1. The number of nitrogens with zero attached hydrogens (tertiary/aromatic N) is 1. The van der Waals surface area contributed by atoms with E-state index >= 15 is 0 Å². The fourth-order valence-electron chi connectivity index (χ4n) is 2.61. The molecule has 0 amide bonds. The largest absolute Gasteiger partial charge is 2.00 e. The van der Waals surface area contributed by atoms with Crippen LogP contribution in [-0.4, -0.2) is 41.9 Å². The van der Waals surface area contributed by atoms with Crippen molar-refractivity contribution in [2.45, 2.75) is 50.7 Å². The molecule has 2 fully saturated rings. The summed E-state index contributed by atoms with van der Waals surface area (Å²) in [5, 5.41) is 7.28. The Labute approximate surface area is 174 Å². The van der Waals surface area contributed by atoms with Gasteiger partial charge in [-0.05, 0) is 50.7 Å². The minimum Gasteiger partial charge on any atom is -0.693 e. The van der Waals surface area contributed by atoms with Crippen LogP contribution in [0.4, 0.5) is 13.2 Å². The number of alkyl halides is 3. The molecular weight excluding hydrogens is 405 g/mol. The molecule has 27 heavy (non-hydrogen) atoms. The van der Waals surface area contributed by atoms with Gasteiger partial charge in [0.05, 0.1) is 0 Å². The molecule has 3 rings (SSSR count). The number of aliphatic hydroxyl groups excluding tert-OH is 1. The molecule has 2 aliphatic rings. The summed E-state index contributed by atoms with van der Waals surface area (Å²) in [4.78, 5) is 2.56. The van der Waals surface area contributed by atoms with Crippen LogP contribution in [0.25, 0.3) is 0 Å². The number of likely N-dealkylation sites (tertiary alicyclic amines) is 1. The van der Waals surface area contributed by atoms with E-state index in [1.165, 1.54) is 44.3 Å². The molecule has 1 saturated carbocycles. The molecule has 1 N–H and O–H groups in total. The molecule has 0 bridgehead atoms. The van der Waals surface area contributed by atoms with E-state index in [0.717, 1.165) is 0 Å². The molecule has 0 radical (unpaired) electrons. The number of aliphatic hydroxyl groups is 1. The van der Waals surface area contributed by atoms with E-state index in [0.29, 0.717) is 17.9 Å². The van der Waals surface area contributed by atoms with E-state index in [9.17, 15) is 13.2 Å². The second-order valence-electron chi connectivity index (χ2n) is 6.69. The Morgan fingerprint density at radius 3 is 2.04 bits per heavy atom. The second kappa shape index (κ2) is 13.3. The predicted octanol–water partition coefficient (Wildman–Crippen LogP) is 4.61. The maximum atomic E-state index is 10.5. The Bertz CT molecular complexity index is 535. The smallest absolute Gasteiger partial charge is 0.693 e. The Kier molecular flexibility index (Phi) is 12.9. The number of halogens is 3. The van der Waals surface area contributed by atoms with Crippen LogP contribution in [0, 0.1) is 25.2 Å². The van der Waals surface area contributed by atoms with E-state index in [4.69, 9.17) is 11.5 Å². The minimum absolute atomic E-state index is 0. The van der Waals surface area contributed by atoms with Crippen molar-refractivity contribution >= 4 is 0 Å².